The number of benzene rings is 3. The second kappa shape index (κ2) is 10.4. The lowest BCUT2D eigenvalue weighted by Crippen LogP contribution is -2.19. The largest absolute Gasteiger partial charge is 0.493 e. The summed E-state index contributed by atoms with van der Waals surface area (Å²) in [4.78, 5) is 8.47. The van der Waals surface area contributed by atoms with E-state index in [-0.39, 0.29) is 10.8 Å². The summed E-state index contributed by atoms with van der Waals surface area (Å²) in [5.74, 6) is 1.74. The molecule has 1 aromatic heterocycles. The van der Waals surface area contributed by atoms with Crippen molar-refractivity contribution in [1.82, 2.24) is 9.97 Å². The van der Waals surface area contributed by atoms with Crippen molar-refractivity contribution in [3.63, 3.8) is 0 Å². The van der Waals surface area contributed by atoms with Crippen LogP contribution in [0.5, 0.6) is 23.1 Å². The maximum atomic E-state index is 13.1. The molecule has 4 aromatic rings. The number of nitrogens with one attached hydrogen (secondary N) is 2. The van der Waals surface area contributed by atoms with E-state index in [0.29, 0.717) is 39.7 Å². The van der Waals surface area contributed by atoms with Crippen LogP contribution in [0.25, 0.3) is 10.9 Å². The number of hydrogen-bond donors (Lipinski definition) is 2. The Labute approximate surface area is 214 Å². The van der Waals surface area contributed by atoms with Gasteiger partial charge in [0.1, 0.15) is 12.1 Å². The van der Waals surface area contributed by atoms with Gasteiger partial charge in [-0.15, -0.1) is 0 Å². The van der Waals surface area contributed by atoms with Crippen LogP contribution in [0.1, 0.15) is 5.56 Å². The van der Waals surface area contributed by atoms with E-state index >= 15 is 0 Å². The Bertz CT molecular complexity index is 1440. The van der Waals surface area contributed by atoms with Gasteiger partial charge in [0.05, 0.1) is 35.7 Å². The molecule has 36 heavy (non-hydrogen) atoms. The van der Waals surface area contributed by atoms with Crippen molar-refractivity contribution in [2.45, 2.75) is 6.18 Å². The van der Waals surface area contributed by atoms with Gasteiger partial charge in [-0.1, -0.05) is 17.7 Å². The summed E-state index contributed by atoms with van der Waals surface area (Å²) in [6, 6.07) is 13.7. The number of ether oxygens (including phenoxy) is 3. The first-order valence-corrected chi connectivity index (χ1v) is 11.1. The summed E-state index contributed by atoms with van der Waals surface area (Å²) in [6.07, 6.45) is -3.22. The van der Waals surface area contributed by atoms with Crippen LogP contribution in [0.2, 0.25) is 5.02 Å². The standard InChI is InChI=1S/C24H18ClF3N4O3S/c1-33-20-10-16-19(11-21(20)34-2)29-12-30-22(16)35-15-5-3-4-13(8-15)31-23(36)32-14-6-7-18(25)17(9-14)24(26,27)28/h3-12H,1-2H3,(H2,31,32,36). The Kier molecular flexibility index (Phi) is 7.32. The van der Waals surface area contributed by atoms with Crippen LogP contribution in [0.3, 0.4) is 0 Å². The van der Waals surface area contributed by atoms with Gasteiger partial charge in [0.2, 0.25) is 5.88 Å². The number of fused-ring (bicyclic) bond motifs is 1. The summed E-state index contributed by atoms with van der Waals surface area (Å²) in [5.41, 5.74) is 0.304. The lowest BCUT2D eigenvalue weighted by molar-refractivity contribution is -0.137. The highest BCUT2D eigenvalue weighted by Gasteiger charge is 2.33. The second-order valence-electron chi connectivity index (χ2n) is 7.30. The molecule has 0 amide bonds. The summed E-state index contributed by atoms with van der Waals surface area (Å²) < 4.78 is 56.0. The van der Waals surface area contributed by atoms with Crippen LogP contribution in [-0.2, 0) is 6.18 Å². The van der Waals surface area contributed by atoms with Crippen molar-refractivity contribution < 1.29 is 27.4 Å². The van der Waals surface area contributed by atoms with Crippen molar-refractivity contribution in [2.24, 2.45) is 0 Å². The van der Waals surface area contributed by atoms with Crippen molar-refractivity contribution in [2.75, 3.05) is 24.9 Å². The zero-order valence-corrected chi connectivity index (χ0v) is 20.4. The van der Waals surface area contributed by atoms with E-state index in [2.05, 4.69) is 20.6 Å². The molecule has 0 aliphatic carbocycles. The Morgan fingerprint density at radius 1 is 0.917 bits per heavy atom. The highest BCUT2D eigenvalue weighted by molar-refractivity contribution is 7.80. The van der Waals surface area contributed by atoms with E-state index in [1.54, 1.807) is 36.4 Å². The molecule has 0 saturated heterocycles. The molecule has 0 fully saturated rings. The number of alkyl halides is 3. The van der Waals surface area contributed by atoms with Crippen molar-refractivity contribution in [1.29, 1.82) is 0 Å². The molecule has 7 nitrogen and oxygen atoms in total. The highest BCUT2D eigenvalue weighted by Crippen LogP contribution is 2.37. The minimum Gasteiger partial charge on any atom is -0.493 e. The number of rotatable bonds is 6. The number of halogens is 4. The van der Waals surface area contributed by atoms with Gasteiger partial charge in [0, 0.05) is 23.5 Å². The summed E-state index contributed by atoms with van der Waals surface area (Å²) in [5, 5.41) is 5.92. The molecule has 0 radical (unpaired) electrons. The smallest absolute Gasteiger partial charge is 0.417 e. The van der Waals surface area contributed by atoms with E-state index in [1.807, 2.05) is 0 Å². The van der Waals surface area contributed by atoms with Gasteiger partial charge in [0.25, 0.3) is 0 Å². The molecule has 0 atom stereocenters. The molecule has 3 aromatic carbocycles. The maximum Gasteiger partial charge on any atom is 0.417 e. The van der Waals surface area contributed by atoms with Crippen LogP contribution in [0.15, 0.2) is 60.9 Å². The topological polar surface area (TPSA) is 77.5 Å². The molecular weight excluding hydrogens is 517 g/mol. The van der Waals surface area contributed by atoms with Crippen molar-refractivity contribution in [3.8, 4) is 23.1 Å². The van der Waals surface area contributed by atoms with Crippen molar-refractivity contribution >= 4 is 51.2 Å². The van der Waals surface area contributed by atoms with Crippen molar-refractivity contribution in [3.05, 3.63) is 71.5 Å². The maximum absolute atomic E-state index is 13.1. The summed E-state index contributed by atoms with van der Waals surface area (Å²) in [6.45, 7) is 0. The molecule has 0 aliphatic heterocycles. The Hall–Kier alpha value is -3.83. The third kappa shape index (κ3) is 5.69. The lowest BCUT2D eigenvalue weighted by Gasteiger charge is -2.15. The van der Waals surface area contributed by atoms with Crippen LogP contribution < -0.4 is 24.8 Å². The molecule has 0 aliphatic rings. The lowest BCUT2D eigenvalue weighted by atomic mass is 10.2. The molecule has 0 saturated carbocycles. The van der Waals surface area contributed by atoms with Gasteiger partial charge < -0.3 is 24.8 Å². The molecule has 4 rings (SSSR count). The number of aromatic nitrogens is 2. The predicted octanol–water partition coefficient (Wildman–Crippen LogP) is 6.92. The first-order chi connectivity index (χ1) is 17.2. The second-order valence-corrected chi connectivity index (χ2v) is 8.12. The third-order valence-corrected chi connectivity index (χ3v) is 5.47. The highest BCUT2D eigenvalue weighted by atomic mass is 35.5. The molecular formula is C24H18ClF3N4O3S. The Morgan fingerprint density at radius 3 is 2.31 bits per heavy atom. The minimum absolute atomic E-state index is 0.0758. The Morgan fingerprint density at radius 2 is 1.61 bits per heavy atom. The molecule has 1 heterocycles. The average molecular weight is 535 g/mol. The van der Waals surface area contributed by atoms with E-state index in [9.17, 15) is 13.2 Å². The average Bonchev–Trinajstić information content (AvgIpc) is 2.84. The first kappa shape index (κ1) is 25.3. The first-order valence-electron chi connectivity index (χ1n) is 10.3. The molecule has 12 heteroatoms. The van der Waals surface area contributed by atoms with E-state index in [0.717, 1.165) is 12.1 Å². The molecule has 0 spiro atoms. The fourth-order valence-electron chi connectivity index (χ4n) is 3.30. The zero-order chi connectivity index (χ0) is 25.9. The van der Waals surface area contributed by atoms with Gasteiger partial charge in [0.15, 0.2) is 16.6 Å². The Balaban J connectivity index is 1.52. The molecule has 0 bridgehead atoms. The normalized spacial score (nSPS) is 11.2. The van der Waals surface area contributed by atoms with Crippen LogP contribution >= 0.6 is 23.8 Å². The fraction of sp³-hybridized carbons (Fsp3) is 0.125. The zero-order valence-electron chi connectivity index (χ0n) is 18.8. The van der Waals surface area contributed by atoms with E-state index < -0.39 is 16.8 Å². The number of nitrogens with zero attached hydrogens (tertiary/aromatic N) is 2. The summed E-state index contributed by atoms with van der Waals surface area (Å²) in [7, 11) is 3.05. The number of anilines is 2. The SMILES string of the molecule is COc1cc2ncnc(Oc3cccc(NC(=S)Nc4ccc(Cl)c(C(F)(F)F)c4)c3)c2cc1OC. The van der Waals surface area contributed by atoms with E-state index in [4.69, 9.17) is 38.0 Å². The monoisotopic (exact) mass is 534 g/mol. The van der Waals surface area contributed by atoms with Gasteiger partial charge in [-0.2, -0.15) is 13.2 Å². The van der Waals surface area contributed by atoms with Gasteiger partial charge in [-0.3, -0.25) is 0 Å². The van der Waals surface area contributed by atoms with E-state index in [1.165, 1.54) is 26.6 Å². The molecule has 0 unspecified atom stereocenters. The predicted molar refractivity (Wildman–Crippen MR) is 135 cm³/mol. The number of thiocarbonyl (C=S) groups is 1. The third-order valence-electron chi connectivity index (χ3n) is 4.94. The molecule has 186 valence electrons. The molecule has 2 N–H and O–H groups in total. The van der Waals surface area contributed by atoms with Crippen LogP contribution in [-0.4, -0.2) is 29.3 Å². The van der Waals surface area contributed by atoms with Crippen LogP contribution in [0, 0.1) is 0 Å². The fourth-order valence-corrected chi connectivity index (χ4v) is 3.76. The summed E-state index contributed by atoms with van der Waals surface area (Å²) >= 11 is 10.9. The number of hydrogen-bond acceptors (Lipinski definition) is 6. The number of methoxy groups -OCH3 is 2. The van der Waals surface area contributed by atoms with Crippen LogP contribution in [0.4, 0.5) is 24.5 Å². The van der Waals surface area contributed by atoms with Gasteiger partial charge in [-0.05, 0) is 48.6 Å². The quantitative estimate of drug-likeness (QED) is 0.258. The van der Waals surface area contributed by atoms with Gasteiger partial charge >= 0.3 is 6.18 Å². The van der Waals surface area contributed by atoms with Gasteiger partial charge in [-0.25, -0.2) is 9.97 Å². The minimum atomic E-state index is -4.59.